The van der Waals surface area contributed by atoms with Gasteiger partial charge in [0.2, 0.25) is 0 Å². The highest BCUT2D eigenvalue weighted by Gasteiger charge is 2.34. The summed E-state index contributed by atoms with van der Waals surface area (Å²) in [6.45, 7) is 0. The summed E-state index contributed by atoms with van der Waals surface area (Å²) in [4.78, 5) is 15.5. The number of nitrogens with one attached hydrogen (secondary N) is 1. The highest BCUT2D eigenvalue weighted by molar-refractivity contribution is 7.14. The number of benzene rings is 1. The Kier molecular flexibility index (Phi) is 4.55. The minimum absolute atomic E-state index is 0.130. The lowest BCUT2D eigenvalue weighted by Crippen LogP contribution is -2.14. The van der Waals surface area contributed by atoms with Crippen LogP contribution in [0.15, 0.2) is 23.6 Å². The van der Waals surface area contributed by atoms with E-state index in [0.29, 0.717) is 17.1 Å². The maximum atomic E-state index is 12.5. The molecule has 0 atom stereocenters. The van der Waals surface area contributed by atoms with Gasteiger partial charge in [-0.1, -0.05) is 0 Å². The predicted molar refractivity (Wildman–Crippen MR) is 74.6 cm³/mol. The summed E-state index contributed by atoms with van der Waals surface area (Å²) < 4.78 is 47.5. The van der Waals surface area contributed by atoms with Gasteiger partial charge >= 0.3 is 6.18 Å². The van der Waals surface area contributed by atoms with Crippen LogP contribution in [0.1, 0.15) is 16.1 Å². The molecule has 2 aromatic rings. The van der Waals surface area contributed by atoms with E-state index in [1.165, 1.54) is 26.4 Å². The monoisotopic (exact) mass is 332 g/mol. The van der Waals surface area contributed by atoms with Crippen molar-refractivity contribution in [2.24, 2.45) is 0 Å². The van der Waals surface area contributed by atoms with Gasteiger partial charge in [-0.05, 0) is 18.2 Å². The number of ether oxygens (including phenoxy) is 2. The Labute approximate surface area is 127 Å². The van der Waals surface area contributed by atoms with E-state index in [-0.39, 0.29) is 16.4 Å². The first-order chi connectivity index (χ1) is 10.3. The molecule has 0 aliphatic carbocycles. The highest BCUT2D eigenvalue weighted by atomic mass is 32.1. The quantitative estimate of drug-likeness (QED) is 0.932. The van der Waals surface area contributed by atoms with Crippen molar-refractivity contribution in [3.05, 3.63) is 34.8 Å². The number of anilines is 1. The zero-order chi connectivity index (χ0) is 16.3. The van der Waals surface area contributed by atoms with Gasteiger partial charge in [-0.25, -0.2) is 4.98 Å². The topological polar surface area (TPSA) is 60.5 Å². The third-order valence-corrected chi connectivity index (χ3v) is 3.42. The molecule has 0 spiro atoms. The Morgan fingerprint density at radius 3 is 2.55 bits per heavy atom. The molecular formula is C13H11F3N2O3S. The lowest BCUT2D eigenvalue weighted by Gasteiger charge is -2.09. The molecule has 5 nitrogen and oxygen atoms in total. The summed E-state index contributed by atoms with van der Waals surface area (Å²) in [7, 11) is 2.81. The fourth-order valence-corrected chi connectivity index (χ4v) is 2.33. The van der Waals surface area contributed by atoms with E-state index in [1.54, 1.807) is 6.07 Å². The molecular weight excluding hydrogens is 321 g/mol. The number of aromatic nitrogens is 1. The first-order valence-corrected chi connectivity index (χ1v) is 6.79. The van der Waals surface area contributed by atoms with Crippen LogP contribution in [0.4, 0.5) is 18.3 Å². The minimum Gasteiger partial charge on any atom is -0.497 e. The van der Waals surface area contributed by atoms with E-state index in [2.05, 4.69) is 10.3 Å². The number of halogens is 3. The fraction of sp³-hybridized carbons (Fsp3) is 0.231. The van der Waals surface area contributed by atoms with Gasteiger partial charge in [0.1, 0.15) is 11.5 Å². The Bertz CT molecular complexity index is 685. The zero-order valence-corrected chi connectivity index (χ0v) is 12.3. The number of thiazole rings is 1. The van der Waals surface area contributed by atoms with Gasteiger partial charge in [-0.15, -0.1) is 11.3 Å². The molecule has 0 aliphatic heterocycles. The SMILES string of the molecule is COc1ccc(OC)c(C(=O)Nc2nc(C(F)(F)F)cs2)c1. The molecule has 2 rings (SSSR count). The molecule has 1 aromatic carbocycles. The van der Waals surface area contributed by atoms with E-state index >= 15 is 0 Å². The van der Waals surface area contributed by atoms with Crippen LogP contribution < -0.4 is 14.8 Å². The van der Waals surface area contributed by atoms with Crippen molar-refractivity contribution in [3.8, 4) is 11.5 Å². The van der Waals surface area contributed by atoms with Crippen LogP contribution in [0.25, 0.3) is 0 Å². The second-order valence-electron chi connectivity index (χ2n) is 4.06. The molecule has 0 saturated heterocycles. The molecule has 1 amide bonds. The number of hydrogen-bond acceptors (Lipinski definition) is 5. The van der Waals surface area contributed by atoms with Crippen molar-refractivity contribution in [2.75, 3.05) is 19.5 Å². The van der Waals surface area contributed by atoms with Gasteiger partial charge < -0.3 is 9.47 Å². The van der Waals surface area contributed by atoms with Gasteiger partial charge in [-0.3, -0.25) is 10.1 Å². The lowest BCUT2D eigenvalue weighted by atomic mass is 10.2. The average molecular weight is 332 g/mol. The Morgan fingerprint density at radius 1 is 1.27 bits per heavy atom. The van der Waals surface area contributed by atoms with Gasteiger partial charge in [0.15, 0.2) is 10.8 Å². The van der Waals surface area contributed by atoms with E-state index in [0.717, 1.165) is 5.38 Å². The first-order valence-electron chi connectivity index (χ1n) is 5.91. The summed E-state index contributed by atoms with van der Waals surface area (Å²) in [6.07, 6.45) is -4.55. The smallest absolute Gasteiger partial charge is 0.434 e. The largest absolute Gasteiger partial charge is 0.497 e. The summed E-state index contributed by atoms with van der Waals surface area (Å²) in [5.74, 6) is 0.0470. The number of carbonyl (C=O) groups is 1. The molecule has 1 heterocycles. The molecule has 0 saturated carbocycles. The molecule has 1 N–H and O–H groups in total. The number of carbonyl (C=O) groups excluding carboxylic acids is 1. The van der Waals surface area contributed by atoms with Crippen molar-refractivity contribution >= 4 is 22.4 Å². The Balaban J connectivity index is 2.24. The molecule has 0 unspecified atom stereocenters. The minimum atomic E-state index is -4.55. The number of alkyl halides is 3. The number of hydrogen-bond donors (Lipinski definition) is 1. The van der Waals surface area contributed by atoms with Crippen LogP contribution in [-0.4, -0.2) is 25.1 Å². The summed E-state index contributed by atoms with van der Waals surface area (Å²) in [5, 5.41) is 2.99. The molecule has 9 heteroatoms. The van der Waals surface area contributed by atoms with E-state index in [9.17, 15) is 18.0 Å². The van der Waals surface area contributed by atoms with E-state index in [1.807, 2.05) is 0 Å². The molecule has 0 aliphatic rings. The van der Waals surface area contributed by atoms with Crippen LogP contribution in [0.3, 0.4) is 0 Å². The average Bonchev–Trinajstić information content (AvgIpc) is 2.95. The van der Waals surface area contributed by atoms with Crippen LogP contribution >= 0.6 is 11.3 Å². The van der Waals surface area contributed by atoms with Gasteiger partial charge in [-0.2, -0.15) is 13.2 Å². The summed E-state index contributed by atoms with van der Waals surface area (Å²) >= 11 is 0.688. The molecule has 0 bridgehead atoms. The number of methoxy groups -OCH3 is 2. The first kappa shape index (κ1) is 16.1. The van der Waals surface area contributed by atoms with Crippen molar-refractivity contribution in [1.29, 1.82) is 0 Å². The van der Waals surface area contributed by atoms with Crippen LogP contribution in [0.2, 0.25) is 0 Å². The van der Waals surface area contributed by atoms with Gasteiger partial charge in [0, 0.05) is 5.38 Å². The molecule has 22 heavy (non-hydrogen) atoms. The second-order valence-corrected chi connectivity index (χ2v) is 4.91. The van der Waals surface area contributed by atoms with Crippen LogP contribution in [-0.2, 0) is 6.18 Å². The Hall–Kier alpha value is -2.29. The van der Waals surface area contributed by atoms with Gasteiger partial charge in [0.05, 0.1) is 19.8 Å². The molecule has 1 aromatic heterocycles. The molecule has 0 fully saturated rings. The van der Waals surface area contributed by atoms with E-state index < -0.39 is 17.8 Å². The fourth-order valence-electron chi connectivity index (χ4n) is 1.62. The highest BCUT2D eigenvalue weighted by Crippen LogP contribution is 2.32. The number of rotatable bonds is 4. The maximum absolute atomic E-state index is 12.5. The van der Waals surface area contributed by atoms with Crippen molar-refractivity contribution in [3.63, 3.8) is 0 Å². The number of amides is 1. The van der Waals surface area contributed by atoms with Gasteiger partial charge in [0.25, 0.3) is 5.91 Å². The van der Waals surface area contributed by atoms with Crippen molar-refractivity contribution in [2.45, 2.75) is 6.18 Å². The standard InChI is InChI=1S/C13H11F3N2O3S/c1-20-7-3-4-9(21-2)8(5-7)11(19)18-12-17-10(6-22-12)13(14,15)16/h3-6H,1-2H3,(H,17,18,19). The molecule has 0 radical (unpaired) electrons. The predicted octanol–water partition coefficient (Wildman–Crippen LogP) is 3.43. The van der Waals surface area contributed by atoms with Crippen LogP contribution in [0.5, 0.6) is 11.5 Å². The maximum Gasteiger partial charge on any atom is 0.434 e. The Morgan fingerprint density at radius 2 is 2.00 bits per heavy atom. The zero-order valence-electron chi connectivity index (χ0n) is 11.5. The van der Waals surface area contributed by atoms with Crippen LogP contribution in [0, 0.1) is 0 Å². The molecule has 118 valence electrons. The normalized spacial score (nSPS) is 11.1. The third-order valence-electron chi connectivity index (χ3n) is 2.67. The second kappa shape index (κ2) is 6.22. The number of nitrogens with zero attached hydrogens (tertiary/aromatic N) is 1. The lowest BCUT2D eigenvalue weighted by molar-refractivity contribution is -0.140. The van der Waals surface area contributed by atoms with Crippen molar-refractivity contribution in [1.82, 2.24) is 4.98 Å². The third kappa shape index (κ3) is 3.48. The summed E-state index contributed by atoms with van der Waals surface area (Å²) in [5.41, 5.74) is -0.920. The van der Waals surface area contributed by atoms with Crippen molar-refractivity contribution < 1.29 is 27.4 Å². The van der Waals surface area contributed by atoms with E-state index in [4.69, 9.17) is 9.47 Å². The summed E-state index contributed by atoms with van der Waals surface area (Å²) in [6, 6.07) is 4.55.